The summed E-state index contributed by atoms with van der Waals surface area (Å²) in [5.41, 5.74) is 10.5. The van der Waals surface area contributed by atoms with Gasteiger partial charge < -0.3 is 15.0 Å². The Hall–Kier alpha value is -2.27. The van der Waals surface area contributed by atoms with Crippen molar-refractivity contribution >= 4 is 17.2 Å². The minimum Gasteiger partial charge on any atom is -0.496 e. The Bertz CT molecular complexity index is 732. The van der Waals surface area contributed by atoms with Crippen molar-refractivity contribution in [2.75, 3.05) is 12.8 Å². The standard InChI is InChI=1S/C15H14N2O2S/c1-9-3-4-12(18-2)11(7-9)13-14(17-19-15(13)16)10-5-6-20-8-10/h3-8H,16H2,1-2H3. The molecule has 2 aromatic heterocycles. The maximum Gasteiger partial charge on any atom is 0.230 e. The lowest BCUT2D eigenvalue weighted by molar-refractivity contribution is 0.416. The molecule has 0 unspecified atom stereocenters. The van der Waals surface area contributed by atoms with E-state index in [1.54, 1.807) is 18.4 Å². The van der Waals surface area contributed by atoms with E-state index in [1.165, 1.54) is 0 Å². The molecule has 4 nitrogen and oxygen atoms in total. The smallest absolute Gasteiger partial charge is 0.230 e. The van der Waals surface area contributed by atoms with Gasteiger partial charge in [-0.25, -0.2) is 0 Å². The summed E-state index contributed by atoms with van der Waals surface area (Å²) < 4.78 is 10.6. The van der Waals surface area contributed by atoms with Crippen LogP contribution >= 0.6 is 11.3 Å². The highest BCUT2D eigenvalue weighted by Gasteiger charge is 2.20. The molecule has 2 N–H and O–H groups in total. The molecule has 1 aromatic carbocycles. The van der Waals surface area contributed by atoms with Gasteiger partial charge in [-0.3, -0.25) is 0 Å². The predicted octanol–water partition coefficient (Wildman–Crippen LogP) is 3.97. The Morgan fingerprint density at radius 2 is 2.15 bits per heavy atom. The van der Waals surface area contributed by atoms with Gasteiger partial charge in [0.15, 0.2) is 0 Å². The minimum atomic E-state index is 0.301. The second kappa shape index (κ2) is 5.02. The molecule has 102 valence electrons. The van der Waals surface area contributed by atoms with Crippen LogP contribution in [-0.2, 0) is 0 Å². The van der Waals surface area contributed by atoms with E-state index in [1.807, 2.05) is 41.9 Å². The number of rotatable bonds is 3. The van der Waals surface area contributed by atoms with E-state index < -0.39 is 0 Å². The van der Waals surface area contributed by atoms with Crippen LogP contribution in [0.25, 0.3) is 22.4 Å². The molecule has 0 bridgehead atoms. The Kier molecular flexibility index (Phi) is 3.20. The quantitative estimate of drug-likeness (QED) is 0.791. The molecule has 0 saturated carbocycles. The highest BCUT2D eigenvalue weighted by atomic mass is 32.1. The maximum absolute atomic E-state index is 5.97. The summed E-state index contributed by atoms with van der Waals surface area (Å²) in [6, 6.07) is 7.94. The van der Waals surface area contributed by atoms with Crippen LogP contribution < -0.4 is 10.5 Å². The average molecular weight is 286 g/mol. The monoisotopic (exact) mass is 286 g/mol. The van der Waals surface area contributed by atoms with Crippen molar-refractivity contribution in [2.24, 2.45) is 0 Å². The van der Waals surface area contributed by atoms with E-state index in [9.17, 15) is 0 Å². The summed E-state index contributed by atoms with van der Waals surface area (Å²) >= 11 is 1.61. The molecule has 0 radical (unpaired) electrons. The number of nitrogens with zero attached hydrogens (tertiary/aromatic N) is 1. The van der Waals surface area contributed by atoms with Crippen molar-refractivity contribution in [1.82, 2.24) is 5.16 Å². The van der Waals surface area contributed by atoms with Crippen LogP contribution in [0.2, 0.25) is 0 Å². The number of nitrogen functional groups attached to an aromatic ring is 1. The maximum atomic E-state index is 5.97. The number of thiophene rings is 1. The highest BCUT2D eigenvalue weighted by Crippen LogP contribution is 2.41. The molecular formula is C15H14N2O2S. The molecule has 0 atom stereocenters. The summed E-state index contributed by atoms with van der Waals surface area (Å²) in [5, 5.41) is 8.11. The third kappa shape index (κ3) is 2.06. The molecule has 2 heterocycles. The first kappa shape index (κ1) is 12.7. The lowest BCUT2D eigenvalue weighted by Crippen LogP contribution is -1.92. The highest BCUT2D eigenvalue weighted by molar-refractivity contribution is 7.08. The molecule has 3 aromatic rings. The van der Waals surface area contributed by atoms with Crippen LogP contribution in [0.15, 0.2) is 39.5 Å². The zero-order valence-electron chi connectivity index (χ0n) is 11.2. The van der Waals surface area contributed by atoms with E-state index in [0.29, 0.717) is 5.88 Å². The number of ether oxygens (including phenoxy) is 1. The number of anilines is 1. The van der Waals surface area contributed by atoms with Crippen molar-refractivity contribution in [3.63, 3.8) is 0 Å². The fourth-order valence-corrected chi connectivity index (χ4v) is 2.82. The van der Waals surface area contributed by atoms with E-state index in [-0.39, 0.29) is 0 Å². The van der Waals surface area contributed by atoms with Crippen molar-refractivity contribution in [3.8, 4) is 28.1 Å². The Morgan fingerprint density at radius 1 is 1.30 bits per heavy atom. The number of benzene rings is 1. The molecule has 0 saturated heterocycles. The van der Waals surface area contributed by atoms with Crippen LogP contribution in [0.3, 0.4) is 0 Å². The number of hydrogen-bond donors (Lipinski definition) is 1. The molecule has 20 heavy (non-hydrogen) atoms. The molecule has 0 aliphatic carbocycles. The van der Waals surface area contributed by atoms with Gasteiger partial charge >= 0.3 is 0 Å². The van der Waals surface area contributed by atoms with Crippen molar-refractivity contribution < 1.29 is 9.26 Å². The summed E-state index contributed by atoms with van der Waals surface area (Å²) in [6.07, 6.45) is 0. The second-order valence-corrected chi connectivity index (χ2v) is 5.27. The number of methoxy groups -OCH3 is 1. The lowest BCUT2D eigenvalue weighted by Gasteiger charge is -2.09. The predicted molar refractivity (Wildman–Crippen MR) is 81.0 cm³/mol. The van der Waals surface area contributed by atoms with E-state index in [4.69, 9.17) is 15.0 Å². The number of hydrogen-bond acceptors (Lipinski definition) is 5. The first-order valence-electron chi connectivity index (χ1n) is 6.13. The normalized spacial score (nSPS) is 10.7. The van der Waals surface area contributed by atoms with Gasteiger partial charge in [-0.1, -0.05) is 16.8 Å². The van der Waals surface area contributed by atoms with Gasteiger partial charge in [0, 0.05) is 16.5 Å². The molecule has 0 aliphatic heterocycles. The summed E-state index contributed by atoms with van der Waals surface area (Å²) in [6.45, 7) is 2.02. The zero-order valence-corrected chi connectivity index (χ0v) is 12.0. The molecule has 0 aliphatic rings. The first-order valence-corrected chi connectivity index (χ1v) is 7.07. The first-order chi connectivity index (χ1) is 9.70. The SMILES string of the molecule is COc1ccc(C)cc1-c1c(-c2ccsc2)noc1N. The van der Waals surface area contributed by atoms with Gasteiger partial charge in [-0.05, 0) is 30.5 Å². The Balaban J connectivity index is 2.25. The summed E-state index contributed by atoms with van der Waals surface area (Å²) in [7, 11) is 1.64. The number of aromatic nitrogens is 1. The molecular weight excluding hydrogens is 272 g/mol. The zero-order chi connectivity index (χ0) is 14.1. The fourth-order valence-electron chi connectivity index (χ4n) is 2.18. The lowest BCUT2D eigenvalue weighted by atomic mass is 10.00. The minimum absolute atomic E-state index is 0.301. The van der Waals surface area contributed by atoms with E-state index >= 15 is 0 Å². The Labute approximate surface area is 120 Å². The van der Waals surface area contributed by atoms with Crippen molar-refractivity contribution in [2.45, 2.75) is 6.92 Å². The van der Waals surface area contributed by atoms with Gasteiger partial charge in [-0.2, -0.15) is 11.3 Å². The summed E-state index contributed by atoms with van der Waals surface area (Å²) in [4.78, 5) is 0. The number of aryl methyl sites for hydroxylation is 1. The molecule has 0 fully saturated rings. The van der Waals surface area contributed by atoms with E-state index in [0.717, 1.165) is 33.7 Å². The third-order valence-corrected chi connectivity index (χ3v) is 3.82. The van der Waals surface area contributed by atoms with Crippen LogP contribution in [0.4, 0.5) is 5.88 Å². The molecule has 3 rings (SSSR count). The topological polar surface area (TPSA) is 61.3 Å². The summed E-state index contributed by atoms with van der Waals surface area (Å²) in [5.74, 6) is 1.05. The Morgan fingerprint density at radius 3 is 2.85 bits per heavy atom. The fraction of sp³-hybridized carbons (Fsp3) is 0.133. The van der Waals surface area contributed by atoms with Crippen LogP contribution in [0.1, 0.15) is 5.56 Å². The van der Waals surface area contributed by atoms with Crippen molar-refractivity contribution in [3.05, 3.63) is 40.6 Å². The van der Waals surface area contributed by atoms with Gasteiger partial charge in [0.05, 0.1) is 12.7 Å². The van der Waals surface area contributed by atoms with Crippen LogP contribution in [-0.4, -0.2) is 12.3 Å². The largest absolute Gasteiger partial charge is 0.496 e. The average Bonchev–Trinajstić information content (AvgIpc) is 3.07. The molecule has 5 heteroatoms. The second-order valence-electron chi connectivity index (χ2n) is 4.49. The van der Waals surface area contributed by atoms with Crippen LogP contribution in [0, 0.1) is 6.92 Å². The van der Waals surface area contributed by atoms with Gasteiger partial charge in [0.2, 0.25) is 5.88 Å². The molecule has 0 spiro atoms. The van der Waals surface area contributed by atoms with Gasteiger partial charge in [0.1, 0.15) is 11.4 Å². The van der Waals surface area contributed by atoms with Crippen molar-refractivity contribution in [1.29, 1.82) is 0 Å². The number of nitrogens with two attached hydrogens (primary N) is 1. The van der Waals surface area contributed by atoms with Gasteiger partial charge in [-0.15, -0.1) is 0 Å². The third-order valence-electron chi connectivity index (χ3n) is 3.14. The molecule has 0 amide bonds. The van der Waals surface area contributed by atoms with Gasteiger partial charge in [0.25, 0.3) is 0 Å². The van der Waals surface area contributed by atoms with Crippen LogP contribution in [0.5, 0.6) is 5.75 Å². The van der Waals surface area contributed by atoms with E-state index in [2.05, 4.69) is 5.16 Å².